The number of fused-ring (bicyclic) bond motifs is 2. The van der Waals surface area contributed by atoms with Gasteiger partial charge in [0.1, 0.15) is 0 Å². The molecule has 0 bridgehead atoms. The van der Waals surface area contributed by atoms with Crippen molar-refractivity contribution < 1.29 is 184 Å². The standard InChI is InChI=1S/C34H60N6O14S4.4Na/c1-15-11-17(3-7-21(15)37-39-23-13-26(56-54-52-44)19-5-9-25(55-53-51-43)31(35)29(19)33(23)41)18-4-8-22(16(2)12-18)38-40-24-14-28(58(48,49)50)20-6-10-27(57(45,46)47)32(36)30(20)34(24)42;;;;/h15-34,41-44H,3-14,35-36H2,1-2H3,(H,45,46,47)(H,48,49,50);;;;/q;4*+1/p-4. The van der Waals surface area contributed by atoms with E-state index in [9.17, 15) is 46.7 Å². The Balaban J connectivity index is 0.00000331. The van der Waals surface area contributed by atoms with Crippen LogP contribution in [0.5, 0.6) is 0 Å². The molecule has 334 valence electrons. The maximum atomic E-state index is 12.3. The molecule has 0 spiro atoms. The van der Waals surface area contributed by atoms with Gasteiger partial charge in [-0.2, -0.15) is 29.1 Å². The fourth-order valence-corrected chi connectivity index (χ4v) is 15.4. The third-order valence-corrected chi connectivity index (χ3v) is 19.1. The summed E-state index contributed by atoms with van der Waals surface area (Å²) in [6.45, 7) is 4.24. The molecule has 6 saturated carbocycles. The molecule has 0 radical (unpaired) electrons. The molecule has 20 nitrogen and oxygen atoms in total. The number of aliphatic hydroxyl groups excluding tert-OH is 2. The monoisotopic (exact) mass is 992 g/mol. The fraction of sp³-hybridized carbons (Fsp3) is 1.00. The molecule has 6 rings (SSSR count). The SMILES string of the molecule is CC1CC(C2CCC(N=NC3CC(S(=O)(=O)[O-])C4CCC(S(=O)(=O)[O-])C(N)C4C3O)C(C)C2)CCC1N=NC1CC(SOO[O-])C2CCC(SOO[O-])C(N)C2C1O.[Na+].[Na+].[Na+].[Na+]. The van der Waals surface area contributed by atoms with Crippen LogP contribution in [0.4, 0.5) is 0 Å². The number of azo groups is 2. The quantitative estimate of drug-likeness (QED) is 0.0332. The van der Waals surface area contributed by atoms with E-state index < -0.39 is 84.9 Å². The molecule has 0 aliphatic heterocycles. The second kappa shape index (κ2) is 27.2. The summed E-state index contributed by atoms with van der Waals surface area (Å²) in [6, 6.07) is -3.81. The average Bonchev–Trinajstić information content (AvgIpc) is 3.16. The Morgan fingerprint density at radius 1 is 0.548 bits per heavy atom. The predicted molar refractivity (Wildman–Crippen MR) is 202 cm³/mol. The number of aliphatic hydroxyl groups is 2. The normalized spacial score (nSPS) is 43.8. The maximum absolute atomic E-state index is 12.3. The molecule has 6 N–H and O–H groups in total. The van der Waals surface area contributed by atoms with Crippen molar-refractivity contribution in [3.63, 3.8) is 0 Å². The Morgan fingerprint density at radius 3 is 1.45 bits per heavy atom. The van der Waals surface area contributed by atoms with Crippen LogP contribution in [0.25, 0.3) is 0 Å². The Hall–Kier alpha value is 3.32. The van der Waals surface area contributed by atoms with Crippen molar-refractivity contribution in [2.24, 2.45) is 79.3 Å². The molecule has 20 unspecified atom stereocenters. The number of nitrogens with two attached hydrogens (primary N) is 2. The molecule has 0 aromatic carbocycles. The minimum absolute atomic E-state index is 0. The summed E-state index contributed by atoms with van der Waals surface area (Å²) in [5, 5.41) is 66.1. The average molecular weight is 993 g/mol. The molecule has 0 saturated heterocycles. The van der Waals surface area contributed by atoms with Gasteiger partial charge in [0.15, 0.2) is 0 Å². The van der Waals surface area contributed by atoms with Crippen molar-refractivity contribution in [2.45, 2.75) is 160 Å². The van der Waals surface area contributed by atoms with Crippen LogP contribution >= 0.6 is 24.1 Å². The van der Waals surface area contributed by atoms with Crippen LogP contribution in [0.15, 0.2) is 20.5 Å². The van der Waals surface area contributed by atoms with Crippen LogP contribution in [0.1, 0.15) is 90.9 Å². The Morgan fingerprint density at radius 2 is 0.984 bits per heavy atom. The third kappa shape index (κ3) is 14.7. The smallest absolute Gasteiger partial charge is 0.748 e. The molecule has 28 heteroatoms. The molecular formula is C34H56N6Na4O14S4. The zero-order valence-electron chi connectivity index (χ0n) is 36.4. The van der Waals surface area contributed by atoms with Gasteiger partial charge < -0.3 is 41.3 Å². The van der Waals surface area contributed by atoms with Gasteiger partial charge in [-0.15, -0.1) is 0 Å². The Kier molecular flexibility index (Phi) is 27.0. The van der Waals surface area contributed by atoms with Crippen LogP contribution in [0.2, 0.25) is 0 Å². The summed E-state index contributed by atoms with van der Waals surface area (Å²) in [5.41, 5.74) is 12.8. The second-order valence-corrected chi connectivity index (χ2v) is 22.7. The molecule has 62 heavy (non-hydrogen) atoms. The molecular weight excluding hydrogens is 937 g/mol. The summed E-state index contributed by atoms with van der Waals surface area (Å²) in [5.74, 6) is -1.29. The van der Waals surface area contributed by atoms with Crippen molar-refractivity contribution in [1.29, 1.82) is 0 Å². The van der Waals surface area contributed by atoms with E-state index in [1.807, 2.05) is 0 Å². The van der Waals surface area contributed by atoms with E-state index in [-0.39, 0.29) is 178 Å². The zero-order valence-corrected chi connectivity index (χ0v) is 47.7. The van der Waals surface area contributed by atoms with Crippen molar-refractivity contribution >= 4 is 44.3 Å². The zero-order chi connectivity index (χ0) is 42.1. The molecule has 0 heterocycles. The first kappa shape index (κ1) is 61.4. The molecule has 0 aromatic rings. The minimum Gasteiger partial charge on any atom is -0.748 e. The topological polar surface area (TPSA) is 339 Å². The van der Waals surface area contributed by atoms with Crippen LogP contribution < -0.4 is 140 Å². The number of nitrogens with zero attached hydrogens (tertiary/aromatic N) is 4. The van der Waals surface area contributed by atoms with Gasteiger partial charge in [0.25, 0.3) is 0 Å². The number of hydrogen-bond acceptors (Lipinski definition) is 22. The third-order valence-electron chi connectivity index (χ3n) is 14.6. The Bertz CT molecular complexity index is 1680. The number of rotatable bonds is 13. The first-order valence-electron chi connectivity index (χ1n) is 20.2. The van der Waals surface area contributed by atoms with Gasteiger partial charge in [0.05, 0.1) is 67.1 Å². The van der Waals surface area contributed by atoms with Crippen molar-refractivity contribution in [3.8, 4) is 0 Å². The first-order chi connectivity index (χ1) is 27.4. The van der Waals surface area contributed by atoms with E-state index in [0.29, 0.717) is 31.1 Å². The van der Waals surface area contributed by atoms with Crippen LogP contribution in [-0.2, 0) is 39.0 Å². The van der Waals surface area contributed by atoms with Crippen LogP contribution in [-0.4, -0.2) is 106 Å². The molecule has 0 aromatic heterocycles. The Labute approximate surface area is 461 Å². The summed E-state index contributed by atoms with van der Waals surface area (Å²) >= 11 is 1.73. The van der Waals surface area contributed by atoms with E-state index >= 15 is 0 Å². The summed E-state index contributed by atoms with van der Waals surface area (Å²) < 4.78 is 82.0. The van der Waals surface area contributed by atoms with E-state index in [1.54, 1.807) is 0 Å². The van der Waals surface area contributed by atoms with Gasteiger partial charge in [0.2, 0.25) is 0 Å². The van der Waals surface area contributed by atoms with Gasteiger partial charge in [0, 0.05) is 58.5 Å². The molecule has 20 atom stereocenters. The van der Waals surface area contributed by atoms with E-state index in [4.69, 9.17) is 20.9 Å². The van der Waals surface area contributed by atoms with Crippen molar-refractivity contribution in [3.05, 3.63) is 0 Å². The maximum Gasteiger partial charge on any atom is 1.00 e. The van der Waals surface area contributed by atoms with E-state index in [1.165, 1.54) is 0 Å². The van der Waals surface area contributed by atoms with Crippen LogP contribution in [0, 0.1) is 47.3 Å². The largest absolute Gasteiger partial charge is 1.00 e. The molecule has 0 amide bonds. The van der Waals surface area contributed by atoms with Crippen LogP contribution in [0.3, 0.4) is 0 Å². The van der Waals surface area contributed by atoms with E-state index in [2.05, 4.69) is 43.6 Å². The first-order valence-corrected chi connectivity index (χ1v) is 24.8. The number of hydrogen-bond donors (Lipinski definition) is 4. The van der Waals surface area contributed by atoms with Gasteiger partial charge in [-0.1, -0.05) is 13.8 Å². The van der Waals surface area contributed by atoms with Crippen molar-refractivity contribution in [2.75, 3.05) is 0 Å². The molecule has 6 aliphatic carbocycles. The van der Waals surface area contributed by atoms with E-state index in [0.717, 1.165) is 62.6 Å². The van der Waals surface area contributed by atoms with Gasteiger partial charge in [-0.05, 0) is 113 Å². The summed E-state index contributed by atoms with van der Waals surface area (Å²) in [6.07, 6.45) is 4.11. The van der Waals surface area contributed by atoms with Gasteiger partial charge >= 0.3 is 118 Å². The van der Waals surface area contributed by atoms with Gasteiger partial charge in [-0.3, -0.25) is 10.1 Å². The van der Waals surface area contributed by atoms with Gasteiger partial charge in [-0.25, -0.2) is 16.8 Å². The molecule has 6 fully saturated rings. The van der Waals surface area contributed by atoms with Crippen molar-refractivity contribution in [1.82, 2.24) is 0 Å². The molecule has 6 aliphatic rings. The summed E-state index contributed by atoms with van der Waals surface area (Å²) in [4.78, 5) is 0. The minimum atomic E-state index is -4.85. The fourth-order valence-electron chi connectivity index (χ4n) is 11.6. The second-order valence-electron chi connectivity index (χ2n) is 17.7. The summed E-state index contributed by atoms with van der Waals surface area (Å²) in [7, 11) is -9.67. The predicted octanol–water partition coefficient (Wildman–Crippen LogP) is -11.2.